The van der Waals surface area contributed by atoms with Gasteiger partial charge in [0, 0.05) is 0 Å². The topological polar surface area (TPSA) is 67.8 Å². The second-order valence-electron chi connectivity index (χ2n) is 2.98. The van der Waals surface area contributed by atoms with Crippen molar-refractivity contribution in [1.82, 2.24) is 0 Å². The Morgan fingerprint density at radius 3 is 3.00 bits per heavy atom. The Labute approximate surface area is 79.8 Å². The Morgan fingerprint density at radius 2 is 2.36 bits per heavy atom. The van der Waals surface area contributed by atoms with Crippen molar-refractivity contribution in [3.05, 3.63) is 23.0 Å². The number of rotatable bonds is 1. The highest BCUT2D eigenvalue weighted by molar-refractivity contribution is 6.01. The van der Waals surface area contributed by atoms with Gasteiger partial charge in [0.15, 0.2) is 17.3 Å². The number of methoxy groups -OCH3 is 1. The van der Waals surface area contributed by atoms with Crippen molar-refractivity contribution in [1.29, 1.82) is 0 Å². The normalized spacial score (nSPS) is 13.7. The van der Waals surface area contributed by atoms with Gasteiger partial charge in [0.2, 0.25) is 0 Å². The maximum atomic E-state index is 13.6. The van der Waals surface area contributed by atoms with Crippen molar-refractivity contribution < 1.29 is 14.2 Å². The third-order valence-corrected chi connectivity index (χ3v) is 2.16. The number of benzene rings is 1. The smallest absolute Gasteiger partial charge is 0.197 e. The number of aromatic hydroxyl groups is 1. The fourth-order valence-corrected chi connectivity index (χ4v) is 1.51. The molecular formula is C9H9FN2O2. The molecule has 1 heterocycles. The van der Waals surface area contributed by atoms with Crippen LogP contribution in [0.3, 0.4) is 0 Å². The molecule has 5 heteroatoms. The molecule has 0 saturated heterocycles. The number of halogens is 1. The third-order valence-electron chi connectivity index (χ3n) is 2.16. The summed E-state index contributed by atoms with van der Waals surface area (Å²) in [7, 11) is 1.28. The molecule has 1 aromatic rings. The molecule has 0 spiro atoms. The summed E-state index contributed by atoms with van der Waals surface area (Å²) in [4.78, 5) is 3.87. The first-order valence-electron chi connectivity index (χ1n) is 4.03. The average molecular weight is 196 g/mol. The zero-order valence-electron chi connectivity index (χ0n) is 7.54. The number of amidine groups is 1. The van der Waals surface area contributed by atoms with E-state index in [2.05, 4.69) is 4.99 Å². The van der Waals surface area contributed by atoms with Crippen LogP contribution in [-0.2, 0) is 6.54 Å². The molecule has 74 valence electrons. The maximum absolute atomic E-state index is 13.6. The van der Waals surface area contributed by atoms with Gasteiger partial charge in [-0.3, -0.25) is 4.99 Å². The number of fused-ring (bicyclic) bond motifs is 1. The molecule has 1 aliphatic heterocycles. The monoisotopic (exact) mass is 196 g/mol. The van der Waals surface area contributed by atoms with Crippen molar-refractivity contribution in [2.75, 3.05) is 7.11 Å². The summed E-state index contributed by atoms with van der Waals surface area (Å²) in [5.41, 5.74) is 6.31. The Morgan fingerprint density at radius 1 is 1.64 bits per heavy atom. The Balaban J connectivity index is 2.70. The molecule has 1 aliphatic rings. The van der Waals surface area contributed by atoms with E-state index in [0.717, 1.165) is 0 Å². The number of phenols is 1. The number of phenolic OH excluding ortho intramolecular Hbond substituents is 1. The Hall–Kier alpha value is -1.78. The van der Waals surface area contributed by atoms with Crippen LogP contribution >= 0.6 is 0 Å². The number of hydrogen-bond acceptors (Lipinski definition) is 4. The van der Waals surface area contributed by atoms with Gasteiger partial charge < -0.3 is 15.6 Å². The molecule has 0 radical (unpaired) electrons. The molecule has 0 unspecified atom stereocenters. The second kappa shape index (κ2) is 2.87. The molecule has 14 heavy (non-hydrogen) atoms. The molecule has 1 aromatic carbocycles. The lowest BCUT2D eigenvalue weighted by molar-refractivity contribution is 0.350. The lowest BCUT2D eigenvalue weighted by Gasteiger charge is -2.08. The molecule has 0 aliphatic carbocycles. The minimum atomic E-state index is -0.652. The first kappa shape index (κ1) is 8.80. The maximum Gasteiger partial charge on any atom is 0.197 e. The van der Waals surface area contributed by atoms with E-state index in [-0.39, 0.29) is 22.9 Å². The standard InChI is InChI=1S/C9H9FN2O2/c1-14-8-5(13)2-4-3-12-9(11)6(4)7(8)10/h2,13H,3H2,1H3,(H2,11,12). The number of hydrogen-bond donors (Lipinski definition) is 2. The van der Waals surface area contributed by atoms with Gasteiger partial charge in [-0.15, -0.1) is 0 Å². The molecule has 0 fully saturated rings. The minimum absolute atomic E-state index is 0.149. The summed E-state index contributed by atoms with van der Waals surface area (Å²) in [6, 6.07) is 1.42. The quantitative estimate of drug-likeness (QED) is 0.696. The third kappa shape index (κ3) is 1.02. The van der Waals surface area contributed by atoms with E-state index >= 15 is 0 Å². The van der Waals surface area contributed by atoms with Gasteiger partial charge in [0.05, 0.1) is 19.2 Å². The predicted octanol–water partition coefficient (Wildman–Crippen LogP) is 0.759. The fraction of sp³-hybridized carbons (Fsp3) is 0.222. The molecule has 0 atom stereocenters. The molecule has 0 bridgehead atoms. The van der Waals surface area contributed by atoms with Gasteiger partial charge in [-0.25, -0.2) is 4.39 Å². The van der Waals surface area contributed by atoms with E-state index in [1.807, 2.05) is 0 Å². The molecule has 0 saturated carbocycles. The van der Waals surface area contributed by atoms with Crippen LogP contribution in [0.15, 0.2) is 11.1 Å². The largest absolute Gasteiger partial charge is 0.504 e. The van der Waals surface area contributed by atoms with E-state index in [1.54, 1.807) is 0 Å². The van der Waals surface area contributed by atoms with Gasteiger partial charge in [-0.05, 0) is 11.6 Å². The number of aliphatic imine (C=N–C) groups is 1. The van der Waals surface area contributed by atoms with Crippen LogP contribution < -0.4 is 10.5 Å². The highest BCUT2D eigenvalue weighted by Crippen LogP contribution is 2.35. The van der Waals surface area contributed by atoms with E-state index in [0.29, 0.717) is 12.1 Å². The van der Waals surface area contributed by atoms with E-state index in [1.165, 1.54) is 13.2 Å². The zero-order chi connectivity index (χ0) is 10.3. The highest BCUT2D eigenvalue weighted by atomic mass is 19.1. The summed E-state index contributed by atoms with van der Waals surface area (Å²) < 4.78 is 18.4. The van der Waals surface area contributed by atoms with Crippen molar-refractivity contribution in [2.24, 2.45) is 10.7 Å². The predicted molar refractivity (Wildman–Crippen MR) is 49.0 cm³/mol. The summed E-state index contributed by atoms with van der Waals surface area (Å²) >= 11 is 0. The second-order valence-corrected chi connectivity index (χ2v) is 2.98. The first-order chi connectivity index (χ1) is 6.65. The number of nitrogens with zero attached hydrogens (tertiary/aromatic N) is 1. The minimum Gasteiger partial charge on any atom is -0.504 e. The molecule has 0 amide bonds. The fourth-order valence-electron chi connectivity index (χ4n) is 1.51. The average Bonchev–Trinajstić information content (AvgIpc) is 2.48. The molecular weight excluding hydrogens is 187 g/mol. The van der Waals surface area contributed by atoms with Crippen LogP contribution in [-0.4, -0.2) is 18.1 Å². The molecule has 2 rings (SSSR count). The van der Waals surface area contributed by atoms with Gasteiger partial charge in [0.1, 0.15) is 5.84 Å². The van der Waals surface area contributed by atoms with Gasteiger partial charge in [-0.2, -0.15) is 0 Å². The summed E-state index contributed by atoms with van der Waals surface area (Å²) in [5, 5.41) is 9.39. The van der Waals surface area contributed by atoms with Crippen LogP contribution in [0.1, 0.15) is 11.1 Å². The van der Waals surface area contributed by atoms with E-state index in [9.17, 15) is 9.50 Å². The zero-order valence-corrected chi connectivity index (χ0v) is 7.54. The van der Waals surface area contributed by atoms with Crippen LogP contribution in [0, 0.1) is 5.82 Å². The van der Waals surface area contributed by atoms with Crippen molar-refractivity contribution in [3.8, 4) is 11.5 Å². The van der Waals surface area contributed by atoms with Crippen molar-refractivity contribution in [3.63, 3.8) is 0 Å². The van der Waals surface area contributed by atoms with Crippen molar-refractivity contribution in [2.45, 2.75) is 6.54 Å². The van der Waals surface area contributed by atoms with Crippen molar-refractivity contribution >= 4 is 5.84 Å². The SMILES string of the molecule is COc1c(O)cc2c(c1F)C(N)=NC2. The van der Waals surface area contributed by atoms with Gasteiger partial charge in [-0.1, -0.05) is 0 Å². The lowest BCUT2D eigenvalue weighted by atomic mass is 10.1. The van der Waals surface area contributed by atoms with E-state index < -0.39 is 5.82 Å². The molecule has 4 nitrogen and oxygen atoms in total. The Kier molecular flexibility index (Phi) is 1.80. The number of nitrogens with two attached hydrogens (primary N) is 1. The van der Waals surface area contributed by atoms with Crippen LogP contribution in [0.5, 0.6) is 11.5 Å². The van der Waals surface area contributed by atoms with E-state index in [4.69, 9.17) is 10.5 Å². The van der Waals surface area contributed by atoms with Crippen LogP contribution in [0.4, 0.5) is 4.39 Å². The van der Waals surface area contributed by atoms with Crippen LogP contribution in [0.25, 0.3) is 0 Å². The summed E-state index contributed by atoms with van der Waals surface area (Å²) in [6.45, 7) is 0.301. The summed E-state index contributed by atoms with van der Waals surface area (Å²) in [6.07, 6.45) is 0. The first-order valence-corrected chi connectivity index (χ1v) is 4.03. The summed E-state index contributed by atoms with van der Waals surface area (Å²) in [5.74, 6) is -0.922. The highest BCUT2D eigenvalue weighted by Gasteiger charge is 2.24. The number of ether oxygens (including phenoxy) is 1. The lowest BCUT2D eigenvalue weighted by Crippen LogP contribution is -2.13. The van der Waals surface area contributed by atoms with Gasteiger partial charge >= 0.3 is 0 Å². The van der Waals surface area contributed by atoms with Crippen LogP contribution in [0.2, 0.25) is 0 Å². The van der Waals surface area contributed by atoms with Gasteiger partial charge in [0.25, 0.3) is 0 Å². The Bertz CT molecular complexity index is 429. The molecule has 3 N–H and O–H groups in total. The molecule has 0 aromatic heterocycles.